The summed E-state index contributed by atoms with van der Waals surface area (Å²) in [5.41, 5.74) is 1.84. The summed E-state index contributed by atoms with van der Waals surface area (Å²) in [5.74, 6) is 0.298. The molecule has 1 saturated heterocycles. The molecule has 1 amide bonds. The standard InChI is InChI=1S/C13H9N3OS2/c17-12-8-19-13(18)16(12)15-7-9-3-4-11-10(6-9)2-1-5-14-11/h1-7H,8H2. The number of aromatic nitrogens is 1. The lowest BCUT2D eigenvalue weighted by atomic mass is 10.1. The maximum atomic E-state index is 11.5. The number of nitrogens with zero attached hydrogens (tertiary/aromatic N) is 3. The summed E-state index contributed by atoms with van der Waals surface area (Å²) in [5, 5.41) is 6.45. The maximum Gasteiger partial charge on any atom is 0.259 e. The minimum Gasteiger partial charge on any atom is -0.272 e. The highest BCUT2D eigenvalue weighted by atomic mass is 32.2. The predicted molar refractivity (Wildman–Crippen MR) is 81.2 cm³/mol. The molecule has 0 unspecified atom stereocenters. The Bertz CT molecular complexity index is 683. The van der Waals surface area contributed by atoms with E-state index in [1.54, 1.807) is 12.4 Å². The van der Waals surface area contributed by atoms with Crippen LogP contribution in [0.5, 0.6) is 0 Å². The molecule has 2 heterocycles. The second-order valence-corrected chi connectivity index (χ2v) is 5.57. The summed E-state index contributed by atoms with van der Waals surface area (Å²) in [6, 6.07) is 9.69. The lowest BCUT2D eigenvalue weighted by molar-refractivity contribution is -0.123. The second-order valence-electron chi connectivity index (χ2n) is 3.96. The van der Waals surface area contributed by atoms with E-state index in [4.69, 9.17) is 12.2 Å². The number of carbonyl (C=O) groups excluding carboxylic acids is 1. The molecule has 1 aromatic heterocycles. The number of thioether (sulfide) groups is 1. The van der Waals surface area contributed by atoms with Gasteiger partial charge in [0.2, 0.25) is 0 Å². The third-order valence-electron chi connectivity index (χ3n) is 2.68. The van der Waals surface area contributed by atoms with E-state index >= 15 is 0 Å². The highest BCUT2D eigenvalue weighted by Gasteiger charge is 2.25. The Morgan fingerprint density at radius 2 is 2.32 bits per heavy atom. The quantitative estimate of drug-likeness (QED) is 0.628. The van der Waals surface area contributed by atoms with Crippen molar-refractivity contribution in [1.82, 2.24) is 9.99 Å². The molecule has 1 aromatic carbocycles. The Morgan fingerprint density at radius 3 is 3.11 bits per heavy atom. The Labute approximate surface area is 119 Å². The van der Waals surface area contributed by atoms with Gasteiger partial charge < -0.3 is 0 Å². The van der Waals surface area contributed by atoms with Crippen molar-refractivity contribution in [1.29, 1.82) is 0 Å². The van der Waals surface area contributed by atoms with Gasteiger partial charge in [0.05, 0.1) is 17.5 Å². The second kappa shape index (κ2) is 5.07. The fourth-order valence-electron chi connectivity index (χ4n) is 1.76. The van der Waals surface area contributed by atoms with E-state index < -0.39 is 0 Å². The summed E-state index contributed by atoms with van der Waals surface area (Å²) >= 11 is 6.39. The van der Waals surface area contributed by atoms with Gasteiger partial charge in [-0.05, 0) is 23.8 Å². The first kappa shape index (κ1) is 12.3. The van der Waals surface area contributed by atoms with E-state index in [1.807, 2.05) is 30.3 Å². The molecule has 19 heavy (non-hydrogen) atoms. The monoisotopic (exact) mass is 287 g/mol. The average molecular weight is 287 g/mol. The van der Waals surface area contributed by atoms with Crippen molar-refractivity contribution >= 4 is 51.3 Å². The molecule has 2 aromatic rings. The zero-order valence-electron chi connectivity index (χ0n) is 9.81. The Kier molecular flexibility index (Phi) is 3.27. The van der Waals surface area contributed by atoms with Gasteiger partial charge in [0.25, 0.3) is 5.91 Å². The van der Waals surface area contributed by atoms with Crippen LogP contribution in [-0.2, 0) is 4.79 Å². The molecule has 0 atom stereocenters. The molecule has 1 fully saturated rings. The smallest absolute Gasteiger partial charge is 0.259 e. The number of thiocarbonyl (C=S) groups is 1. The molecule has 4 nitrogen and oxygen atoms in total. The zero-order valence-corrected chi connectivity index (χ0v) is 11.4. The fourth-order valence-corrected chi connectivity index (χ4v) is 2.72. The molecule has 1 aliphatic rings. The number of hydrogen-bond donors (Lipinski definition) is 0. The largest absolute Gasteiger partial charge is 0.272 e. The van der Waals surface area contributed by atoms with Crippen LogP contribution in [0.3, 0.4) is 0 Å². The first-order valence-corrected chi connectivity index (χ1v) is 7.02. The van der Waals surface area contributed by atoms with E-state index in [1.165, 1.54) is 16.8 Å². The van der Waals surface area contributed by atoms with E-state index in [2.05, 4.69) is 10.1 Å². The molecule has 6 heteroatoms. The molecule has 3 rings (SSSR count). The predicted octanol–water partition coefficient (Wildman–Crippen LogP) is 2.43. The number of benzene rings is 1. The van der Waals surface area contributed by atoms with Crippen LogP contribution >= 0.6 is 24.0 Å². The molecule has 0 N–H and O–H groups in total. The van der Waals surface area contributed by atoms with E-state index in [0.717, 1.165) is 16.5 Å². The average Bonchev–Trinajstić information content (AvgIpc) is 2.76. The van der Waals surface area contributed by atoms with Crippen LogP contribution in [0.1, 0.15) is 5.56 Å². The van der Waals surface area contributed by atoms with Crippen LogP contribution < -0.4 is 0 Å². The highest BCUT2D eigenvalue weighted by Crippen LogP contribution is 2.19. The van der Waals surface area contributed by atoms with Crippen molar-refractivity contribution in [3.63, 3.8) is 0 Å². The first-order valence-electron chi connectivity index (χ1n) is 5.62. The van der Waals surface area contributed by atoms with E-state index in [9.17, 15) is 4.79 Å². The van der Waals surface area contributed by atoms with Crippen molar-refractivity contribution in [2.24, 2.45) is 5.10 Å². The number of pyridine rings is 1. The lowest BCUT2D eigenvalue weighted by Crippen LogP contribution is -2.22. The van der Waals surface area contributed by atoms with Gasteiger partial charge in [0.1, 0.15) is 0 Å². The van der Waals surface area contributed by atoms with Gasteiger partial charge in [0.15, 0.2) is 4.32 Å². The molecule has 0 saturated carbocycles. The summed E-state index contributed by atoms with van der Waals surface area (Å²) < 4.78 is 0.503. The molecule has 0 aliphatic carbocycles. The Hall–Kier alpha value is -1.79. The van der Waals surface area contributed by atoms with Gasteiger partial charge in [-0.1, -0.05) is 36.1 Å². The minimum absolute atomic E-state index is 0.0753. The van der Waals surface area contributed by atoms with Crippen molar-refractivity contribution < 1.29 is 4.79 Å². The van der Waals surface area contributed by atoms with Crippen molar-refractivity contribution in [2.45, 2.75) is 0 Å². The van der Waals surface area contributed by atoms with Gasteiger partial charge >= 0.3 is 0 Å². The molecule has 0 bridgehead atoms. The Morgan fingerprint density at radius 1 is 1.42 bits per heavy atom. The van der Waals surface area contributed by atoms with Crippen molar-refractivity contribution in [3.05, 3.63) is 42.1 Å². The number of fused-ring (bicyclic) bond motifs is 1. The van der Waals surface area contributed by atoms with Gasteiger partial charge in [-0.3, -0.25) is 9.78 Å². The van der Waals surface area contributed by atoms with E-state index in [0.29, 0.717) is 10.1 Å². The van der Waals surface area contributed by atoms with Crippen molar-refractivity contribution in [2.75, 3.05) is 5.75 Å². The number of hydrazone groups is 1. The Balaban J connectivity index is 1.88. The molecule has 94 valence electrons. The van der Waals surface area contributed by atoms with Crippen LogP contribution in [0.15, 0.2) is 41.6 Å². The molecule has 0 radical (unpaired) electrons. The molecule has 1 aliphatic heterocycles. The minimum atomic E-state index is -0.0753. The lowest BCUT2D eigenvalue weighted by Gasteiger charge is -2.06. The maximum absolute atomic E-state index is 11.5. The summed E-state index contributed by atoms with van der Waals surface area (Å²) in [6.07, 6.45) is 3.40. The number of amides is 1. The summed E-state index contributed by atoms with van der Waals surface area (Å²) in [6.45, 7) is 0. The van der Waals surface area contributed by atoms with Crippen LogP contribution in [-0.4, -0.2) is 32.2 Å². The number of carbonyl (C=O) groups is 1. The fraction of sp³-hybridized carbons (Fsp3) is 0.0769. The molecular weight excluding hydrogens is 278 g/mol. The van der Waals surface area contributed by atoms with Crippen LogP contribution in [0.4, 0.5) is 0 Å². The van der Waals surface area contributed by atoms with Crippen molar-refractivity contribution in [3.8, 4) is 0 Å². The normalized spacial score (nSPS) is 15.9. The SMILES string of the molecule is O=C1CSC(=S)N1N=Cc1ccc2ncccc2c1. The van der Waals surface area contributed by atoms with Gasteiger partial charge in [-0.25, -0.2) is 0 Å². The van der Waals surface area contributed by atoms with Gasteiger partial charge in [-0.2, -0.15) is 10.1 Å². The van der Waals surface area contributed by atoms with Crippen LogP contribution in [0.2, 0.25) is 0 Å². The zero-order chi connectivity index (χ0) is 13.2. The molecular formula is C13H9N3OS2. The number of rotatable bonds is 2. The topological polar surface area (TPSA) is 45.6 Å². The summed E-state index contributed by atoms with van der Waals surface area (Å²) in [4.78, 5) is 15.8. The van der Waals surface area contributed by atoms with Crippen LogP contribution in [0, 0.1) is 0 Å². The summed E-state index contributed by atoms with van der Waals surface area (Å²) in [7, 11) is 0. The third-order valence-corrected chi connectivity index (χ3v) is 4.02. The van der Waals surface area contributed by atoms with Gasteiger partial charge in [0, 0.05) is 11.6 Å². The highest BCUT2D eigenvalue weighted by molar-refractivity contribution is 8.23. The van der Waals surface area contributed by atoms with Gasteiger partial charge in [-0.15, -0.1) is 0 Å². The van der Waals surface area contributed by atoms with Crippen LogP contribution in [0.25, 0.3) is 10.9 Å². The van der Waals surface area contributed by atoms with E-state index in [-0.39, 0.29) is 5.91 Å². The third kappa shape index (κ3) is 2.50. The number of hydrogen-bond acceptors (Lipinski definition) is 5. The first-order chi connectivity index (χ1) is 9.24. The molecule has 0 spiro atoms.